The molecule has 0 fully saturated rings. The molecule has 1 heterocycles. The lowest BCUT2D eigenvalue weighted by Gasteiger charge is -2.14. The Kier molecular flexibility index (Phi) is 3.72. The molecule has 0 radical (unpaired) electrons. The van der Waals surface area contributed by atoms with Gasteiger partial charge >= 0.3 is 6.18 Å². The maximum atomic E-state index is 13.7. The highest BCUT2D eigenvalue weighted by Gasteiger charge is 2.33. The lowest BCUT2D eigenvalue weighted by Crippen LogP contribution is -2.07. The summed E-state index contributed by atoms with van der Waals surface area (Å²) >= 11 is 0. The van der Waals surface area contributed by atoms with Crippen molar-refractivity contribution in [1.29, 1.82) is 0 Å². The van der Waals surface area contributed by atoms with Gasteiger partial charge < -0.3 is 0 Å². The molecule has 0 N–H and O–H groups in total. The molecular weight excluding hydrogens is 335 g/mol. The van der Waals surface area contributed by atoms with Gasteiger partial charge in [0.05, 0.1) is 16.8 Å². The number of hydrogen-bond donors (Lipinski definition) is 0. The third-order valence-corrected chi connectivity index (χ3v) is 4.50. The third-order valence-electron chi connectivity index (χ3n) is 4.50. The van der Waals surface area contributed by atoms with Gasteiger partial charge in [0.1, 0.15) is 0 Å². The van der Waals surface area contributed by atoms with Crippen LogP contribution in [0.3, 0.4) is 0 Å². The van der Waals surface area contributed by atoms with Crippen LogP contribution in [0.2, 0.25) is 0 Å². The fraction of sp³-hybridized carbons (Fsp3) is 0.136. The molecule has 4 aromatic rings. The van der Waals surface area contributed by atoms with Crippen molar-refractivity contribution in [2.45, 2.75) is 20.0 Å². The summed E-state index contributed by atoms with van der Waals surface area (Å²) in [5, 5.41) is 1.77. The van der Waals surface area contributed by atoms with Gasteiger partial charge in [-0.25, -0.2) is 4.98 Å². The molecule has 0 aliphatic heterocycles. The molecule has 0 unspecified atom stereocenters. The van der Waals surface area contributed by atoms with E-state index < -0.39 is 11.7 Å². The van der Waals surface area contributed by atoms with E-state index >= 15 is 0 Å². The molecule has 130 valence electrons. The van der Waals surface area contributed by atoms with E-state index in [1.165, 1.54) is 0 Å². The number of halogens is 3. The predicted molar refractivity (Wildman–Crippen MR) is 99.2 cm³/mol. The van der Waals surface area contributed by atoms with Crippen LogP contribution in [0.15, 0.2) is 60.7 Å². The Hall–Kier alpha value is -2.88. The molecule has 0 saturated heterocycles. The molecule has 0 saturated carbocycles. The van der Waals surface area contributed by atoms with Crippen LogP contribution in [0.1, 0.15) is 16.7 Å². The Morgan fingerprint density at radius 2 is 1.38 bits per heavy atom. The molecule has 0 spiro atoms. The summed E-state index contributed by atoms with van der Waals surface area (Å²) in [5.74, 6) is 0. The second-order valence-corrected chi connectivity index (χ2v) is 6.65. The van der Waals surface area contributed by atoms with Crippen molar-refractivity contribution in [3.63, 3.8) is 0 Å². The van der Waals surface area contributed by atoms with E-state index in [0.717, 1.165) is 28.0 Å². The number of pyridine rings is 1. The average Bonchev–Trinajstić information content (AvgIpc) is 2.57. The van der Waals surface area contributed by atoms with Crippen LogP contribution >= 0.6 is 0 Å². The van der Waals surface area contributed by atoms with Crippen molar-refractivity contribution in [3.05, 3.63) is 77.4 Å². The van der Waals surface area contributed by atoms with Crippen LogP contribution in [0.4, 0.5) is 13.2 Å². The number of nitrogens with zero attached hydrogens (tertiary/aromatic N) is 1. The minimum absolute atomic E-state index is 0.129. The Morgan fingerprint density at radius 1 is 0.769 bits per heavy atom. The molecule has 3 aromatic carbocycles. The van der Waals surface area contributed by atoms with Crippen molar-refractivity contribution in [2.75, 3.05) is 0 Å². The van der Waals surface area contributed by atoms with Gasteiger partial charge in [-0.05, 0) is 55.0 Å². The minimum atomic E-state index is -4.45. The molecule has 4 heteroatoms. The second kappa shape index (κ2) is 5.84. The van der Waals surface area contributed by atoms with Crippen molar-refractivity contribution in [1.82, 2.24) is 4.98 Å². The standard InChI is InChI=1S/C22H16F3N/c1-13-7-14(2)9-17(8-13)20-12-19(22(23,24)25)18-10-15-5-3-4-6-16(15)11-21(18)26-20/h3-12H,1-2H3. The number of aromatic nitrogens is 1. The zero-order valence-electron chi connectivity index (χ0n) is 14.4. The molecule has 1 nitrogen and oxygen atoms in total. The molecule has 0 aliphatic rings. The van der Waals surface area contributed by atoms with Gasteiger partial charge in [-0.2, -0.15) is 13.2 Å². The number of fused-ring (bicyclic) bond motifs is 2. The summed E-state index contributed by atoms with van der Waals surface area (Å²) in [6.07, 6.45) is -4.45. The van der Waals surface area contributed by atoms with Gasteiger partial charge in [0, 0.05) is 10.9 Å². The van der Waals surface area contributed by atoms with Gasteiger partial charge in [0.15, 0.2) is 0 Å². The van der Waals surface area contributed by atoms with Crippen LogP contribution in [0.5, 0.6) is 0 Å². The molecule has 26 heavy (non-hydrogen) atoms. The monoisotopic (exact) mass is 351 g/mol. The largest absolute Gasteiger partial charge is 0.417 e. The van der Waals surface area contributed by atoms with Gasteiger partial charge in [-0.3, -0.25) is 0 Å². The summed E-state index contributed by atoms with van der Waals surface area (Å²) in [7, 11) is 0. The van der Waals surface area contributed by atoms with E-state index in [-0.39, 0.29) is 5.39 Å². The lowest BCUT2D eigenvalue weighted by molar-refractivity contribution is -0.136. The SMILES string of the molecule is Cc1cc(C)cc(-c2cc(C(F)(F)F)c3cc4ccccc4cc3n2)c1. The first kappa shape index (κ1) is 16.6. The van der Waals surface area contributed by atoms with Crippen molar-refractivity contribution in [2.24, 2.45) is 0 Å². The molecule has 0 atom stereocenters. The first-order valence-corrected chi connectivity index (χ1v) is 8.31. The number of rotatable bonds is 1. The average molecular weight is 351 g/mol. The van der Waals surface area contributed by atoms with Crippen molar-refractivity contribution in [3.8, 4) is 11.3 Å². The summed E-state index contributed by atoms with van der Waals surface area (Å²) in [5.41, 5.74) is 2.73. The zero-order valence-corrected chi connectivity index (χ0v) is 14.4. The maximum Gasteiger partial charge on any atom is 0.417 e. The molecule has 0 bridgehead atoms. The number of aryl methyl sites for hydroxylation is 2. The Balaban J connectivity index is 2.08. The highest BCUT2D eigenvalue weighted by atomic mass is 19.4. The van der Waals surface area contributed by atoms with Crippen LogP contribution < -0.4 is 0 Å². The second-order valence-electron chi connectivity index (χ2n) is 6.65. The first-order chi connectivity index (χ1) is 12.3. The van der Waals surface area contributed by atoms with Crippen molar-refractivity contribution >= 4 is 21.7 Å². The molecular formula is C22H16F3N. The van der Waals surface area contributed by atoms with Gasteiger partial charge in [-0.15, -0.1) is 0 Å². The Labute approximate surface area is 149 Å². The normalized spacial score (nSPS) is 12.0. The fourth-order valence-corrected chi connectivity index (χ4v) is 3.42. The number of alkyl halides is 3. The molecule has 0 aliphatic carbocycles. The zero-order chi connectivity index (χ0) is 18.5. The van der Waals surface area contributed by atoms with E-state index in [2.05, 4.69) is 4.98 Å². The van der Waals surface area contributed by atoms with Crippen molar-refractivity contribution < 1.29 is 13.2 Å². The Morgan fingerprint density at radius 3 is 2.00 bits per heavy atom. The molecule has 4 rings (SSSR count). The number of benzene rings is 3. The number of hydrogen-bond acceptors (Lipinski definition) is 1. The van der Waals surface area contributed by atoms with Crippen LogP contribution in [0.25, 0.3) is 32.9 Å². The summed E-state index contributed by atoms with van der Waals surface area (Å²) in [6, 6.07) is 17.6. The summed E-state index contributed by atoms with van der Waals surface area (Å²) in [6.45, 7) is 3.85. The highest BCUT2D eigenvalue weighted by molar-refractivity contribution is 5.99. The van der Waals surface area contributed by atoms with Gasteiger partial charge in [0.2, 0.25) is 0 Å². The molecule has 0 amide bonds. The Bertz CT molecular complexity index is 1120. The van der Waals surface area contributed by atoms with E-state index in [9.17, 15) is 13.2 Å². The lowest BCUT2D eigenvalue weighted by atomic mass is 9.99. The third kappa shape index (κ3) is 2.92. The van der Waals surface area contributed by atoms with Gasteiger partial charge in [-0.1, -0.05) is 41.5 Å². The first-order valence-electron chi connectivity index (χ1n) is 8.31. The highest BCUT2D eigenvalue weighted by Crippen LogP contribution is 2.38. The van der Waals surface area contributed by atoms with E-state index in [1.807, 2.05) is 56.3 Å². The topological polar surface area (TPSA) is 12.9 Å². The van der Waals surface area contributed by atoms with Gasteiger partial charge in [0.25, 0.3) is 0 Å². The quantitative estimate of drug-likeness (QED) is 0.348. The van der Waals surface area contributed by atoms with Crippen LogP contribution in [0, 0.1) is 13.8 Å². The predicted octanol–water partition coefficient (Wildman–Crippen LogP) is 6.69. The van der Waals surface area contributed by atoms with Crippen LogP contribution in [-0.4, -0.2) is 4.98 Å². The fourth-order valence-electron chi connectivity index (χ4n) is 3.42. The molecule has 1 aromatic heterocycles. The smallest absolute Gasteiger partial charge is 0.248 e. The summed E-state index contributed by atoms with van der Waals surface area (Å²) < 4.78 is 41.2. The van der Waals surface area contributed by atoms with E-state index in [4.69, 9.17) is 0 Å². The van der Waals surface area contributed by atoms with Crippen LogP contribution in [-0.2, 0) is 6.18 Å². The van der Waals surface area contributed by atoms with E-state index in [1.54, 1.807) is 12.1 Å². The van der Waals surface area contributed by atoms with E-state index in [0.29, 0.717) is 16.8 Å². The summed E-state index contributed by atoms with van der Waals surface area (Å²) in [4.78, 5) is 4.55. The maximum absolute atomic E-state index is 13.7. The minimum Gasteiger partial charge on any atom is -0.248 e.